The summed E-state index contributed by atoms with van der Waals surface area (Å²) in [5, 5.41) is 10.9. The molecular weight excluding hydrogens is 294 g/mol. The molecule has 122 valence electrons. The number of hydrogen-bond acceptors (Lipinski definition) is 4. The number of aliphatic hydroxyl groups is 1. The van der Waals surface area contributed by atoms with Gasteiger partial charge in [0.15, 0.2) is 0 Å². The van der Waals surface area contributed by atoms with Crippen LogP contribution in [-0.4, -0.2) is 28.5 Å². The smallest absolute Gasteiger partial charge is 0.345 e. The van der Waals surface area contributed by atoms with Gasteiger partial charge in [-0.25, -0.2) is 4.79 Å². The molecule has 5 heteroatoms. The average Bonchev–Trinajstić information content (AvgIpc) is 3.32. The maximum Gasteiger partial charge on any atom is 0.345 e. The van der Waals surface area contributed by atoms with Gasteiger partial charge >= 0.3 is 5.97 Å². The van der Waals surface area contributed by atoms with Crippen molar-refractivity contribution in [2.24, 2.45) is 0 Å². The third-order valence-electron chi connectivity index (χ3n) is 5.59. The molecule has 0 amide bonds. The van der Waals surface area contributed by atoms with Gasteiger partial charge in [0.05, 0.1) is 12.8 Å². The summed E-state index contributed by atoms with van der Waals surface area (Å²) < 4.78 is 6.73. The minimum atomic E-state index is -0.730. The molecule has 1 aromatic rings. The molecule has 3 aliphatic rings. The van der Waals surface area contributed by atoms with E-state index in [9.17, 15) is 14.7 Å². The molecule has 0 saturated heterocycles. The highest BCUT2D eigenvalue weighted by Gasteiger charge is 2.50. The molecule has 1 spiro atoms. The highest BCUT2D eigenvalue weighted by molar-refractivity contribution is 6.25. The van der Waals surface area contributed by atoms with Crippen LogP contribution in [0.5, 0.6) is 0 Å². The number of fused-ring (bicyclic) bond motifs is 2. The molecule has 2 aliphatic carbocycles. The van der Waals surface area contributed by atoms with Gasteiger partial charge in [-0.1, -0.05) is 19.3 Å². The van der Waals surface area contributed by atoms with Crippen molar-refractivity contribution in [3.63, 3.8) is 0 Å². The van der Waals surface area contributed by atoms with Gasteiger partial charge in [-0.2, -0.15) is 0 Å². The second kappa shape index (κ2) is 4.98. The maximum atomic E-state index is 12.9. The van der Waals surface area contributed by atoms with Gasteiger partial charge in [0.25, 0.3) is 0 Å². The largest absolute Gasteiger partial charge is 0.509 e. The molecule has 1 aliphatic heterocycles. The molecule has 4 rings (SSSR count). The van der Waals surface area contributed by atoms with Crippen molar-refractivity contribution in [3.05, 3.63) is 34.9 Å². The second-order valence-electron chi connectivity index (χ2n) is 6.90. The van der Waals surface area contributed by atoms with Crippen molar-refractivity contribution in [2.45, 2.75) is 56.4 Å². The number of allylic oxidation sites excluding steroid dienone is 1. The van der Waals surface area contributed by atoms with Crippen LogP contribution < -0.4 is 0 Å². The number of nitrogens with zero attached hydrogens (tertiary/aromatic N) is 1. The van der Waals surface area contributed by atoms with Gasteiger partial charge in [0, 0.05) is 6.20 Å². The quantitative estimate of drug-likeness (QED) is 0.672. The minimum absolute atomic E-state index is 0.0977. The molecular formula is C18H21NO4. The van der Waals surface area contributed by atoms with E-state index < -0.39 is 17.3 Å². The number of methoxy groups -OCH3 is 1. The summed E-state index contributed by atoms with van der Waals surface area (Å²) in [5.41, 5.74) is 0.793. The monoisotopic (exact) mass is 315 g/mol. The van der Waals surface area contributed by atoms with E-state index in [1.807, 2.05) is 16.8 Å². The Balaban J connectivity index is 1.95. The van der Waals surface area contributed by atoms with Gasteiger partial charge in [0.1, 0.15) is 16.9 Å². The van der Waals surface area contributed by atoms with Crippen LogP contribution >= 0.6 is 0 Å². The van der Waals surface area contributed by atoms with E-state index >= 15 is 0 Å². The fourth-order valence-electron chi connectivity index (χ4n) is 4.25. The molecule has 0 atom stereocenters. The molecule has 1 N–H and O–H groups in total. The first kappa shape index (κ1) is 14.5. The predicted molar refractivity (Wildman–Crippen MR) is 83.5 cm³/mol. The number of ether oxygens (including phenoxy) is 1. The van der Waals surface area contributed by atoms with Crippen molar-refractivity contribution >= 4 is 11.8 Å². The molecule has 5 nitrogen and oxygen atoms in total. The molecule has 0 bridgehead atoms. The first-order valence-electron chi connectivity index (χ1n) is 8.38. The van der Waals surface area contributed by atoms with Crippen LogP contribution in [-0.2, 0) is 15.1 Å². The lowest BCUT2D eigenvalue weighted by Gasteiger charge is -2.42. The zero-order valence-electron chi connectivity index (χ0n) is 13.3. The second-order valence-corrected chi connectivity index (χ2v) is 6.90. The van der Waals surface area contributed by atoms with E-state index in [2.05, 4.69) is 0 Å². The summed E-state index contributed by atoms with van der Waals surface area (Å²) in [5.74, 6) is -0.807. The summed E-state index contributed by atoms with van der Waals surface area (Å²) in [6, 6.07) is 1.99. The highest BCUT2D eigenvalue weighted by atomic mass is 16.5. The first-order valence-corrected chi connectivity index (χ1v) is 8.38. The van der Waals surface area contributed by atoms with Gasteiger partial charge in [-0.05, 0) is 43.2 Å². The Kier molecular flexibility index (Phi) is 3.15. The van der Waals surface area contributed by atoms with Gasteiger partial charge in [-0.15, -0.1) is 0 Å². The number of ketones is 1. The standard InChI is InChI=1S/C18H21NO4/c1-23-17(22)13-15(20)14-12(11-5-6-11)7-10-19(14)18(16(13)21)8-3-2-4-9-18/h7,10-11,21H,2-6,8-9H2,1H3. The van der Waals surface area contributed by atoms with E-state index in [1.54, 1.807) is 0 Å². The van der Waals surface area contributed by atoms with Gasteiger partial charge < -0.3 is 14.4 Å². The van der Waals surface area contributed by atoms with Crippen molar-refractivity contribution in [1.82, 2.24) is 4.57 Å². The van der Waals surface area contributed by atoms with Gasteiger partial charge in [-0.3, -0.25) is 4.79 Å². The molecule has 0 radical (unpaired) electrons. The van der Waals surface area contributed by atoms with Crippen LogP contribution in [0.1, 0.15) is 66.9 Å². The summed E-state index contributed by atoms with van der Waals surface area (Å²) >= 11 is 0. The van der Waals surface area contributed by atoms with Crippen LogP contribution in [0.3, 0.4) is 0 Å². The Morgan fingerprint density at radius 1 is 1.30 bits per heavy atom. The zero-order valence-corrected chi connectivity index (χ0v) is 13.3. The number of carbonyl (C=O) groups excluding carboxylic acids is 2. The molecule has 0 aromatic carbocycles. The van der Waals surface area contributed by atoms with Crippen molar-refractivity contribution < 1.29 is 19.4 Å². The summed E-state index contributed by atoms with van der Waals surface area (Å²) in [7, 11) is 1.25. The molecule has 2 heterocycles. The van der Waals surface area contributed by atoms with Crippen LogP contribution in [0, 0.1) is 0 Å². The van der Waals surface area contributed by atoms with Crippen LogP contribution in [0.4, 0.5) is 0 Å². The number of aliphatic hydroxyl groups excluding tert-OH is 1. The number of Topliss-reactive ketones (excluding diaryl/α,β-unsaturated/α-hetero) is 1. The van der Waals surface area contributed by atoms with E-state index in [-0.39, 0.29) is 11.3 Å². The Hall–Kier alpha value is -2.04. The Morgan fingerprint density at radius 2 is 2.00 bits per heavy atom. The third-order valence-corrected chi connectivity index (χ3v) is 5.59. The Morgan fingerprint density at radius 3 is 2.61 bits per heavy atom. The number of hydrogen-bond donors (Lipinski definition) is 1. The lowest BCUT2D eigenvalue weighted by Crippen LogP contribution is -2.45. The number of carbonyl (C=O) groups is 2. The summed E-state index contributed by atoms with van der Waals surface area (Å²) in [6.45, 7) is 0. The highest BCUT2D eigenvalue weighted by Crippen LogP contribution is 2.49. The first-order chi connectivity index (χ1) is 11.1. The molecule has 1 aromatic heterocycles. The topological polar surface area (TPSA) is 68.5 Å². The minimum Gasteiger partial charge on any atom is -0.509 e. The van der Waals surface area contributed by atoms with Crippen LogP contribution in [0.25, 0.3) is 0 Å². The van der Waals surface area contributed by atoms with Crippen LogP contribution in [0.2, 0.25) is 0 Å². The third kappa shape index (κ3) is 1.92. The summed E-state index contributed by atoms with van der Waals surface area (Å²) in [4.78, 5) is 25.1. The molecule has 2 fully saturated rings. The van der Waals surface area contributed by atoms with E-state index in [0.717, 1.165) is 50.5 Å². The Bertz CT molecular complexity index is 717. The normalized spacial score (nSPS) is 23.1. The van der Waals surface area contributed by atoms with Crippen molar-refractivity contribution in [2.75, 3.05) is 7.11 Å². The van der Waals surface area contributed by atoms with Crippen molar-refractivity contribution in [3.8, 4) is 0 Å². The predicted octanol–water partition coefficient (Wildman–Crippen LogP) is 3.21. The fraction of sp³-hybridized carbons (Fsp3) is 0.556. The van der Waals surface area contributed by atoms with Crippen molar-refractivity contribution in [1.29, 1.82) is 0 Å². The SMILES string of the molecule is COC(=O)C1=C(O)C2(CCCCC2)n2ccc(C3CC3)c2C1=O. The lowest BCUT2D eigenvalue weighted by atomic mass is 9.75. The number of esters is 1. The van der Waals surface area contributed by atoms with E-state index in [4.69, 9.17) is 4.74 Å². The van der Waals surface area contributed by atoms with Gasteiger partial charge in [0.2, 0.25) is 5.78 Å². The fourth-order valence-corrected chi connectivity index (χ4v) is 4.25. The summed E-state index contributed by atoms with van der Waals surface area (Å²) in [6.07, 6.45) is 8.66. The van der Waals surface area contributed by atoms with Crippen LogP contribution in [0.15, 0.2) is 23.6 Å². The lowest BCUT2D eigenvalue weighted by molar-refractivity contribution is -0.136. The zero-order chi connectivity index (χ0) is 16.2. The maximum absolute atomic E-state index is 12.9. The molecule has 0 unspecified atom stereocenters. The Labute approximate surface area is 134 Å². The average molecular weight is 315 g/mol. The van der Waals surface area contributed by atoms with E-state index in [0.29, 0.717) is 11.6 Å². The molecule has 23 heavy (non-hydrogen) atoms. The number of rotatable bonds is 2. The van der Waals surface area contributed by atoms with E-state index in [1.165, 1.54) is 7.11 Å². The number of aromatic nitrogens is 1. The molecule has 2 saturated carbocycles.